The zero-order valence-electron chi connectivity index (χ0n) is 26.9. The van der Waals surface area contributed by atoms with Crippen LogP contribution in [0.1, 0.15) is 73.9 Å². The summed E-state index contributed by atoms with van der Waals surface area (Å²) in [5.41, 5.74) is 2.82. The average molecular weight is 659 g/mol. The quantitative estimate of drug-likeness (QED) is 0.372. The van der Waals surface area contributed by atoms with Crippen molar-refractivity contribution >= 4 is 33.2 Å². The van der Waals surface area contributed by atoms with Crippen molar-refractivity contribution in [1.82, 2.24) is 4.72 Å². The third-order valence-corrected chi connectivity index (χ3v) is 12.4. The first-order chi connectivity index (χ1) is 21.6. The SMILES string of the molecule is COCC[C@]1(OC)/C=C/C[C@H](C)[C@@H](C)S(=O)(=O)NC(=O)c2ccc3c(c2)N(CCCCc2cc(Cl)ccc2CO3)C[C@@H]2CC[C@H]21. The number of methoxy groups -OCH3 is 2. The normalized spacial score (nSPS) is 29.5. The van der Waals surface area contributed by atoms with Gasteiger partial charge in [-0.15, -0.1) is 0 Å². The maximum Gasteiger partial charge on any atom is 0.264 e. The number of benzene rings is 2. The highest BCUT2D eigenvalue weighted by Crippen LogP contribution is 2.47. The molecule has 3 aliphatic rings. The van der Waals surface area contributed by atoms with E-state index in [4.69, 9.17) is 25.8 Å². The molecular formula is C35H47ClN2O6S. The van der Waals surface area contributed by atoms with Gasteiger partial charge in [-0.3, -0.25) is 4.79 Å². The molecule has 1 amide bonds. The predicted octanol–water partition coefficient (Wildman–Crippen LogP) is 6.55. The first-order valence-corrected chi connectivity index (χ1v) is 18.1. The first-order valence-electron chi connectivity index (χ1n) is 16.1. The molecule has 2 aromatic carbocycles. The molecule has 2 heterocycles. The van der Waals surface area contributed by atoms with Gasteiger partial charge in [0.2, 0.25) is 10.0 Å². The molecule has 0 spiro atoms. The van der Waals surface area contributed by atoms with Crippen molar-refractivity contribution in [2.24, 2.45) is 17.8 Å². The van der Waals surface area contributed by atoms with Crippen LogP contribution in [0.15, 0.2) is 48.6 Å². The van der Waals surface area contributed by atoms with E-state index >= 15 is 0 Å². The second kappa shape index (κ2) is 14.4. The Kier molecular flexibility index (Phi) is 10.8. The van der Waals surface area contributed by atoms with Crippen LogP contribution < -0.4 is 14.4 Å². The smallest absolute Gasteiger partial charge is 0.264 e. The number of carbonyl (C=O) groups is 1. The summed E-state index contributed by atoms with van der Waals surface area (Å²) < 4.78 is 47.4. The number of hydrogen-bond donors (Lipinski definition) is 1. The molecule has 5 atom stereocenters. The number of aryl methyl sites for hydroxylation is 1. The number of amides is 1. The van der Waals surface area contributed by atoms with Gasteiger partial charge in [-0.1, -0.05) is 36.7 Å². The van der Waals surface area contributed by atoms with E-state index in [0.717, 1.165) is 56.4 Å². The molecule has 1 saturated carbocycles. The number of sulfonamides is 1. The van der Waals surface area contributed by atoms with Gasteiger partial charge in [0, 0.05) is 50.9 Å². The number of allylic oxidation sites excluding steroid dienone is 1. The fraction of sp³-hybridized carbons (Fsp3) is 0.571. The van der Waals surface area contributed by atoms with Crippen LogP contribution in [0.25, 0.3) is 0 Å². The fourth-order valence-electron chi connectivity index (χ4n) is 7.03. The van der Waals surface area contributed by atoms with E-state index in [0.29, 0.717) is 42.7 Å². The van der Waals surface area contributed by atoms with Gasteiger partial charge in [0.05, 0.1) is 16.5 Å². The Hall–Kier alpha value is -2.59. The molecule has 10 heteroatoms. The van der Waals surface area contributed by atoms with Crippen LogP contribution in [0.5, 0.6) is 5.75 Å². The van der Waals surface area contributed by atoms with Crippen molar-refractivity contribution in [3.05, 3.63) is 70.3 Å². The van der Waals surface area contributed by atoms with Gasteiger partial charge in [0.15, 0.2) is 0 Å². The Labute approximate surface area is 273 Å². The van der Waals surface area contributed by atoms with E-state index < -0.39 is 26.8 Å². The van der Waals surface area contributed by atoms with Gasteiger partial charge in [0.25, 0.3) is 5.91 Å². The lowest BCUT2D eigenvalue weighted by Gasteiger charge is -2.50. The molecule has 1 fully saturated rings. The molecule has 2 aromatic rings. The Morgan fingerprint density at radius 3 is 2.64 bits per heavy atom. The first kappa shape index (κ1) is 33.8. The van der Waals surface area contributed by atoms with Crippen LogP contribution in [0.2, 0.25) is 5.02 Å². The van der Waals surface area contributed by atoms with Crippen LogP contribution in [0, 0.1) is 17.8 Å². The number of anilines is 1. The number of nitrogens with zero attached hydrogens (tertiary/aromatic N) is 1. The number of nitrogens with one attached hydrogen (secondary N) is 1. The minimum absolute atomic E-state index is 0.220. The van der Waals surface area contributed by atoms with Gasteiger partial charge in [-0.05, 0) is 105 Å². The van der Waals surface area contributed by atoms with Gasteiger partial charge < -0.3 is 19.1 Å². The zero-order chi connectivity index (χ0) is 32.2. The maximum atomic E-state index is 13.4. The minimum atomic E-state index is -3.93. The molecule has 45 heavy (non-hydrogen) atoms. The summed E-state index contributed by atoms with van der Waals surface area (Å²) >= 11 is 6.35. The molecule has 246 valence electrons. The standard InChI is InChI=1S/C35H47ClN2O6S/c1-24-8-7-16-35(43-4,17-19-42-3)31-14-11-28(31)22-38-18-6-5-9-26-20-30(36)13-10-29(26)23-44-33-15-12-27(21-32(33)38)34(39)37-45(40,41)25(24)2/h7,10,12-13,15-16,20-21,24-25,28,31H,5-6,8-9,11,14,17-19,22-23H2,1-4H3,(H,37,39)/b16-7+/t24-,25+,28-,31+,35+/m0/s1. The lowest BCUT2D eigenvalue weighted by Crippen LogP contribution is -2.51. The number of hydrogen-bond acceptors (Lipinski definition) is 7. The summed E-state index contributed by atoms with van der Waals surface area (Å²) in [7, 11) is -0.456. The highest BCUT2D eigenvalue weighted by molar-refractivity contribution is 7.90. The van der Waals surface area contributed by atoms with Crippen LogP contribution in [-0.4, -0.2) is 59.1 Å². The van der Waals surface area contributed by atoms with Crippen LogP contribution in [-0.2, 0) is 32.5 Å². The topological polar surface area (TPSA) is 94.2 Å². The summed E-state index contributed by atoms with van der Waals surface area (Å²) in [5, 5.41) is -0.0655. The Bertz CT molecular complexity index is 1500. The lowest BCUT2D eigenvalue weighted by atomic mass is 9.63. The molecular weight excluding hydrogens is 612 g/mol. The molecule has 8 nitrogen and oxygen atoms in total. The second-order valence-electron chi connectivity index (χ2n) is 12.9. The average Bonchev–Trinajstić information content (AvgIpc) is 3.03. The Morgan fingerprint density at radius 1 is 1.09 bits per heavy atom. The summed E-state index contributed by atoms with van der Waals surface area (Å²) in [6.07, 6.45) is 10.4. The number of ether oxygens (including phenoxy) is 3. The maximum absolute atomic E-state index is 13.4. The van der Waals surface area contributed by atoms with E-state index in [-0.39, 0.29) is 17.4 Å². The highest BCUT2D eigenvalue weighted by atomic mass is 35.5. The van der Waals surface area contributed by atoms with E-state index in [1.807, 2.05) is 25.1 Å². The van der Waals surface area contributed by atoms with Crippen molar-refractivity contribution in [3.8, 4) is 5.75 Å². The van der Waals surface area contributed by atoms with Gasteiger partial charge >= 0.3 is 0 Å². The molecule has 0 aromatic heterocycles. The van der Waals surface area contributed by atoms with Crippen LogP contribution >= 0.6 is 11.6 Å². The zero-order valence-corrected chi connectivity index (χ0v) is 28.5. The largest absolute Gasteiger partial charge is 0.487 e. The molecule has 2 bridgehead atoms. The van der Waals surface area contributed by atoms with Crippen molar-refractivity contribution < 1.29 is 27.4 Å². The van der Waals surface area contributed by atoms with E-state index in [9.17, 15) is 13.2 Å². The second-order valence-corrected chi connectivity index (χ2v) is 15.4. The summed E-state index contributed by atoms with van der Waals surface area (Å²) in [6, 6.07) is 11.2. The van der Waals surface area contributed by atoms with E-state index in [2.05, 4.69) is 21.8 Å². The number of rotatable bonds is 4. The van der Waals surface area contributed by atoms with Crippen molar-refractivity contribution in [2.75, 3.05) is 38.8 Å². The fourth-order valence-corrected chi connectivity index (χ4v) is 8.51. The van der Waals surface area contributed by atoms with Gasteiger partial charge in [-0.25, -0.2) is 13.1 Å². The van der Waals surface area contributed by atoms with Crippen LogP contribution in [0.3, 0.4) is 0 Å². The Morgan fingerprint density at radius 2 is 1.91 bits per heavy atom. The van der Waals surface area contributed by atoms with Crippen LogP contribution in [0.4, 0.5) is 5.69 Å². The number of halogens is 1. The summed E-state index contributed by atoms with van der Waals surface area (Å²) in [5.74, 6) is 0.422. The van der Waals surface area contributed by atoms with E-state index in [1.165, 1.54) is 5.56 Å². The van der Waals surface area contributed by atoms with Gasteiger partial charge in [0.1, 0.15) is 12.4 Å². The monoisotopic (exact) mass is 658 g/mol. The third-order valence-electron chi connectivity index (χ3n) is 10.2. The number of fused-ring (bicyclic) bond motifs is 3. The molecule has 0 saturated heterocycles. The molecule has 0 unspecified atom stereocenters. The molecule has 5 rings (SSSR count). The van der Waals surface area contributed by atoms with Crippen molar-refractivity contribution in [2.45, 2.75) is 76.3 Å². The molecule has 1 aliphatic carbocycles. The summed E-state index contributed by atoms with van der Waals surface area (Å²) in [6.45, 7) is 6.01. The number of carbonyl (C=O) groups excluding carboxylic acids is 1. The minimum Gasteiger partial charge on any atom is -0.487 e. The Balaban J connectivity index is 1.58. The molecule has 2 aliphatic heterocycles. The highest BCUT2D eigenvalue weighted by Gasteiger charge is 2.47. The molecule has 1 N–H and O–H groups in total. The van der Waals surface area contributed by atoms with E-state index in [1.54, 1.807) is 39.3 Å². The van der Waals surface area contributed by atoms with Crippen molar-refractivity contribution in [1.29, 1.82) is 0 Å². The summed E-state index contributed by atoms with van der Waals surface area (Å²) in [4.78, 5) is 15.8. The van der Waals surface area contributed by atoms with Gasteiger partial charge in [-0.2, -0.15) is 0 Å². The van der Waals surface area contributed by atoms with Crippen molar-refractivity contribution in [3.63, 3.8) is 0 Å². The molecule has 0 radical (unpaired) electrons. The lowest BCUT2D eigenvalue weighted by molar-refractivity contribution is -0.0886. The third kappa shape index (κ3) is 7.53. The predicted molar refractivity (Wildman–Crippen MR) is 179 cm³/mol.